The van der Waals surface area contributed by atoms with Gasteiger partial charge in [-0.3, -0.25) is 4.57 Å². The number of methoxy groups -OCH3 is 1. The van der Waals surface area contributed by atoms with Crippen LogP contribution in [-0.4, -0.2) is 16.7 Å². The van der Waals surface area contributed by atoms with Crippen molar-refractivity contribution < 1.29 is 4.74 Å². The number of imidazole rings is 1. The van der Waals surface area contributed by atoms with Crippen LogP contribution in [0.1, 0.15) is 0 Å². The summed E-state index contributed by atoms with van der Waals surface area (Å²) in [6.07, 6.45) is 0. The number of anilines is 1. The van der Waals surface area contributed by atoms with Crippen molar-refractivity contribution in [1.82, 2.24) is 9.55 Å². The molecule has 96 valence electrons. The van der Waals surface area contributed by atoms with Crippen LogP contribution in [0.4, 0.5) is 5.95 Å². The molecular weight excluding hydrogens is 306 g/mol. The van der Waals surface area contributed by atoms with Gasteiger partial charge in [0.05, 0.1) is 23.8 Å². The van der Waals surface area contributed by atoms with Crippen LogP contribution in [0.2, 0.25) is 0 Å². The number of ether oxygens (including phenoxy) is 1. The Morgan fingerprint density at radius 2 is 2.05 bits per heavy atom. The van der Waals surface area contributed by atoms with Gasteiger partial charge in [0, 0.05) is 10.5 Å². The first-order chi connectivity index (χ1) is 9.19. The largest absolute Gasteiger partial charge is 0.497 e. The monoisotopic (exact) mass is 317 g/mol. The van der Waals surface area contributed by atoms with E-state index in [2.05, 4.69) is 20.9 Å². The summed E-state index contributed by atoms with van der Waals surface area (Å²) in [7, 11) is 1.64. The van der Waals surface area contributed by atoms with E-state index < -0.39 is 0 Å². The van der Waals surface area contributed by atoms with Gasteiger partial charge < -0.3 is 10.5 Å². The molecule has 0 aliphatic rings. The zero-order valence-corrected chi connectivity index (χ0v) is 11.9. The average Bonchev–Trinajstić information content (AvgIpc) is 2.73. The van der Waals surface area contributed by atoms with Gasteiger partial charge in [-0.05, 0) is 30.3 Å². The maximum atomic E-state index is 6.02. The number of hydrogen-bond donors (Lipinski definition) is 1. The smallest absolute Gasteiger partial charge is 0.205 e. The van der Waals surface area contributed by atoms with Gasteiger partial charge in [0.15, 0.2) is 0 Å². The van der Waals surface area contributed by atoms with Gasteiger partial charge in [0.25, 0.3) is 0 Å². The first kappa shape index (κ1) is 12.0. The molecule has 0 radical (unpaired) electrons. The maximum Gasteiger partial charge on any atom is 0.205 e. The summed E-state index contributed by atoms with van der Waals surface area (Å²) in [6.45, 7) is 0. The molecule has 1 heterocycles. The van der Waals surface area contributed by atoms with E-state index in [4.69, 9.17) is 10.5 Å². The lowest BCUT2D eigenvalue weighted by Gasteiger charge is -2.07. The highest BCUT2D eigenvalue weighted by Gasteiger charge is 2.11. The number of aromatic nitrogens is 2. The Morgan fingerprint density at radius 1 is 1.21 bits per heavy atom. The molecule has 0 unspecified atom stereocenters. The molecule has 0 spiro atoms. The number of nitrogens with two attached hydrogens (primary N) is 1. The number of nitrogens with zero attached hydrogens (tertiary/aromatic N) is 2. The third-order valence-electron chi connectivity index (χ3n) is 2.95. The Morgan fingerprint density at radius 3 is 2.79 bits per heavy atom. The topological polar surface area (TPSA) is 53.1 Å². The van der Waals surface area contributed by atoms with Gasteiger partial charge in [-0.15, -0.1) is 0 Å². The van der Waals surface area contributed by atoms with E-state index in [9.17, 15) is 0 Å². The molecule has 0 aliphatic heterocycles. The van der Waals surface area contributed by atoms with Crippen molar-refractivity contribution in [2.24, 2.45) is 0 Å². The average molecular weight is 318 g/mol. The first-order valence-electron chi connectivity index (χ1n) is 5.77. The van der Waals surface area contributed by atoms with Crippen molar-refractivity contribution in [3.63, 3.8) is 0 Å². The lowest BCUT2D eigenvalue weighted by atomic mass is 10.2. The van der Waals surface area contributed by atoms with Gasteiger partial charge in [-0.25, -0.2) is 4.98 Å². The molecule has 2 aromatic carbocycles. The molecular formula is C14H12BrN3O. The quantitative estimate of drug-likeness (QED) is 0.788. The minimum Gasteiger partial charge on any atom is -0.497 e. The summed E-state index contributed by atoms with van der Waals surface area (Å²) in [5.74, 6) is 1.24. The Hall–Kier alpha value is -2.01. The van der Waals surface area contributed by atoms with Crippen LogP contribution in [0.25, 0.3) is 16.7 Å². The standard InChI is InChI=1S/C14H12BrN3O/c1-19-11-5-6-12-13(8-11)18(14(16)17-12)10-4-2-3-9(15)7-10/h2-8H,1H3,(H2,16,17). The van der Waals surface area contributed by atoms with Crippen LogP contribution < -0.4 is 10.5 Å². The highest BCUT2D eigenvalue weighted by molar-refractivity contribution is 9.10. The fourth-order valence-corrected chi connectivity index (χ4v) is 2.47. The molecule has 3 aromatic rings. The Labute approximate surface area is 118 Å². The van der Waals surface area contributed by atoms with Crippen LogP contribution >= 0.6 is 15.9 Å². The molecule has 0 saturated carbocycles. The van der Waals surface area contributed by atoms with E-state index in [1.807, 2.05) is 47.0 Å². The molecule has 19 heavy (non-hydrogen) atoms. The van der Waals surface area contributed by atoms with E-state index in [0.717, 1.165) is 26.9 Å². The number of benzene rings is 2. The molecule has 0 bridgehead atoms. The summed E-state index contributed by atoms with van der Waals surface area (Å²) < 4.78 is 8.15. The summed E-state index contributed by atoms with van der Waals surface area (Å²) in [5.41, 5.74) is 8.75. The van der Waals surface area contributed by atoms with Crippen LogP contribution in [0.15, 0.2) is 46.9 Å². The molecule has 0 atom stereocenters. The Balaban J connectivity index is 2.30. The fourth-order valence-electron chi connectivity index (χ4n) is 2.09. The predicted molar refractivity (Wildman–Crippen MR) is 79.7 cm³/mol. The molecule has 2 N–H and O–H groups in total. The number of nitrogen functional groups attached to an aromatic ring is 1. The third-order valence-corrected chi connectivity index (χ3v) is 3.45. The van der Waals surface area contributed by atoms with E-state index >= 15 is 0 Å². The van der Waals surface area contributed by atoms with Crippen molar-refractivity contribution in [1.29, 1.82) is 0 Å². The Bertz CT molecular complexity index is 752. The van der Waals surface area contributed by atoms with Crippen LogP contribution in [-0.2, 0) is 0 Å². The van der Waals surface area contributed by atoms with E-state index in [1.165, 1.54) is 0 Å². The summed E-state index contributed by atoms with van der Waals surface area (Å²) in [5, 5.41) is 0. The minimum atomic E-state index is 0.460. The molecule has 0 fully saturated rings. The minimum absolute atomic E-state index is 0.460. The van der Waals surface area contributed by atoms with E-state index in [1.54, 1.807) is 7.11 Å². The van der Waals surface area contributed by atoms with E-state index in [-0.39, 0.29) is 0 Å². The molecule has 3 rings (SSSR count). The second-order valence-corrected chi connectivity index (χ2v) is 5.06. The highest BCUT2D eigenvalue weighted by Crippen LogP contribution is 2.27. The summed E-state index contributed by atoms with van der Waals surface area (Å²) >= 11 is 3.47. The molecule has 4 nitrogen and oxygen atoms in total. The van der Waals surface area contributed by atoms with E-state index in [0.29, 0.717) is 5.95 Å². The van der Waals surface area contributed by atoms with Crippen LogP contribution in [0.3, 0.4) is 0 Å². The van der Waals surface area contributed by atoms with Gasteiger partial charge in [-0.1, -0.05) is 22.0 Å². The maximum absolute atomic E-state index is 6.02. The predicted octanol–water partition coefficient (Wildman–Crippen LogP) is 3.38. The van der Waals surface area contributed by atoms with Crippen LogP contribution in [0.5, 0.6) is 5.75 Å². The van der Waals surface area contributed by atoms with Gasteiger partial charge in [-0.2, -0.15) is 0 Å². The molecule has 5 heteroatoms. The summed E-state index contributed by atoms with van der Waals surface area (Å²) in [6, 6.07) is 13.6. The van der Waals surface area contributed by atoms with Crippen molar-refractivity contribution >= 4 is 32.9 Å². The van der Waals surface area contributed by atoms with Crippen molar-refractivity contribution in [2.75, 3.05) is 12.8 Å². The molecule has 1 aromatic heterocycles. The van der Waals surface area contributed by atoms with Crippen molar-refractivity contribution in [3.05, 3.63) is 46.9 Å². The molecule has 0 aliphatic carbocycles. The zero-order valence-electron chi connectivity index (χ0n) is 10.3. The second-order valence-electron chi connectivity index (χ2n) is 4.14. The number of hydrogen-bond acceptors (Lipinski definition) is 3. The number of halogens is 1. The molecule has 0 saturated heterocycles. The number of fused-ring (bicyclic) bond motifs is 1. The lowest BCUT2D eigenvalue weighted by molar-refractivity contribution is 0.415. The van der Waals surface area contributed by atoms with Gasteiger partial charge in [0.1, 0.15) is 5.75 Å². The van der Waals surface area contributed by atoms with Gasteiger partial charge in [0.2, 0.25) is 5.95 Å². The highest BCUT2D eigenvalue weighted by atomic mass is 79.9. The van der Waals surface area contributed by atoms with Gasteiger partial charge >= 0.3 is 0 Å². The third kappa shape index (κ3) is 2.06. The van der Waals surface area contributed by atoms with Crippen molar-refractivity contribution in [2.45, 2.75) is 0 Å². The SMILES string of the molecule is COc1ccc2nc(N)n(-c3cccc(Br)c3)c2c1. The lowest BCUT2D eigenvalue weighted by Crippen LogP contribution is -2.00. The fraction of sp³-hybridized carbons (Fsp3) is 0.0714. The van der Waals surface area contributed by atoms with Crippen LogP contribution in [0, 0.1) is 0 Å². The Kier molecular flexibility index (Phi) is 2.91. The second kappa shape index (κ2) is 4.59. The summed E-state index contributed by atoms with van der Waals surface area (Å²) in [4.78, 5) is 4.36. The normalized spacial score (nSPS) is 10.8. The first-order valence-corrected chi connectivity index (χ1v) is 6.56. The van der Waals surface area contributed by atoms with Crippen molar-refractivity contribution in [3.8, 4) is 11.4 Å². The number of rotatable bonds is 2. The molecule has 0 amide bonds. The zero-order chi connectivity index (χ0) is 13.4.